The van der Waals surface area contributed by atoms with Crippen LogP contribution >= 0.6 is 7.26 Å². The molecule has 0 nitrogen and oxygen atoms in total. The van der Waals surface area contributed by atoms with Crippen LogP contribution < -0.4 is 5.30 Å². The normalized spacial score (nSPS) is 16.7. The first-order valence-corrected chi connectivity index (χ1v) is 12.6. The lowest BCUT2D eigenvalue weighted by Crippen LogP contribution is -2.16. The van der Waals surface area contributed by atoms with Crippen LogP contribution in [0.1, 0.15) is 84.0 Å². The Bertz CT molecular complexity index is 392. The summed E-state index contributed by atoms with van der Waals surface area (Å²) in [6.07, 6.45) is 22.2. The Labute approximate surface area is 145 Å². The number of hydrogen-bond donors (Lipinski definition) is 0. The molecule has 0 atom stereocenters. The van der Waals surface area contributed by atoms with Gasteiger partial charge < -0.3 is 0 Å². The fraction of sp³-hybridized carbons (Fsp3) is 0.727. The van der Waals surface area contributed by atoms with Gasteiger partial charge in [0.1, 0.15) is 0 Å². The van der Waals surface area contributed by atoms with Crippen molar-refractivity contribution in [3.63, 3.8) is 0 Å². The summed E-state index contributed by atoms with van der Waals surface area (Å²) < 4.78 is 0. The summed E-state index contributed by atoms with van der Waals surface area (Å²) in [5.41, 5.74) is 0. The number of benzene rings is 1. The summed E-state index contributed by atoms with van der Waals surface area (Å²) in [4.78, 5) is 0. The van der Waals surface area contributed by atoms with Gasteiger partial charge in [0.2, 0.25) is 0 Å². The maximum absolute atomic E-state index is 2.43. The van der Waals surface area contributed by atoms with E-state index >= 15 is 0 Å². The molecule has 1 heteroatoms. The van der Waals surface area contributed by atoms with Gasteiger partial charge in [0.05, 0.1) is 23.8 Å². The van der Waals surface area contributed by atoms with Gasteiger partial charge in [-0.3, -0.25) is 0 Å². The lowest BCUT2D eigenvalue weighted by atomic mass is 10.1. The van der Waals surface area contributed by atoms with Crippen LogP contribution in [0.3, 0.4) is 0 Å². The minimum atomic E-state index is -0.773. The van der Waals surface area contributed by atoms with E-state index in [0.29, 0.717) is 0 Å². The van der Waals surface area contributed by atoms with E-state index < -0.39 is 7.26 Å². The summed E-state index contributed by atoms with van der Waals surface area (Å²) in [7, 11) is -0.773. The molecule has 0 unspecified atom stereocenters. The zero-order valence-electron chi connectivity index (χ0n) is 15.4. The van der Waals surface area contributed by atoms with E-state index in [9.17, 15) is 0 Å². The lowest BCUT2D eigenvalue weighted by Gasteiger charge is -2.22. The van der Waals surface area contributed by atoms with Crippen molar-refractivity contribution in [1.82, 2.24) is 0 Å². The molecule has 0 spiro atoms. The quantitative estimate of drug-likeness (QED) is 0.284. The molecule has 0 aromatic heterocycles. The maximum Gasteiger partial charge on any atom is 0.0939 e. The molecule has 0 bridgehead atoms. The minimum absolute atomic E-state index is 0.773. The van der Waals surface area contributed by atoms with E-state index in [1.807, 2.05) is 0 Å². The molecule has 23 heavy (non-hydrogen) atoms. The van der Waals surface area contributed by atoms with E-state index in [4.69, 9.17) is 0 Å². The SMILES string of the molecule is CCCCCCCCCCCC[P+]1(c2ccccc2)CCCC1. The maximum atomic E-state index is 2.43. The first kappa shape index (κ1) is 19.0. The highest BCUT2D eigenvalue weighted by Crippen LogP contribution is 2.63. The molecule has 0 amide bonds. The summed E-state index contributed by atoms with van der Waals surface area (Å²) in [5.74, 6) is 0. The van der Waals surface area contributed by atoms with E-state index in [2.05, 4.69) is 37.3 Å². The van der Waals surface area contributed by atoms with Crippen molar-refractivity contribution >= 4 is 12.6 Å². The van der Waals surface area contributed by atoms with Gasteiger partial charge >= 0.3 is 0 Å². The highest BCUT2D eigenvalue weighted by atomic mass is 31.2. The second-order valence-electron chi connectivity index (χ2n) is 7.54. The third-order valence-corrected chi connectivity index (χ3v) is 10.6. The Kier molecular flexibility index (Phi) is 9.28. The molecule has 0 saturated carbocycles. The Hall–Kier alpha value is -0.350. The average Bonchev–Trinajstić information content (AvgIpc) is 3.07. The van der Waals surface area contributed by atoms with Gasteiger partial charge in [0.25, 0.3) is 0 Å². The van der Waals surface area contributed by atoms with Crippen molar-refractivity contribution in [1.29, 1.82) is 0 Å². The number of rotatable bonds is 12. The Morgan fingerprint density at radius 3 is 1.78 bits per heavy atom. The zero-order chi connectivity index (χ0) is 16.2. The molecule has 1 aliphatic rings. The first-order chi connectivity index (χ1) is 11.4. The van der Waals surface area contributed by atoms with Crippen LogP contribution in [0.2, 0.25) is 0 Å². The molecule has 1 aromatic carbocycles. The summed E-state index contributed by atoms with van der Waals surface area (Å²) >= 11 is 0. The van der Waals surface area contributed by atoms with E-state index in [0.717, 1.165) is 0 Å². The monoisotopic (exact) mass is 333 g/mol. The standard InChI is InChI=1S/C22H38P/c1-2-3-4-5-6-7-8-9-10-14-19-23(20-15-16-21-23)22-17-12-11-13-18-22/h11-13,17-18H,2-10,14-16,19-21H2,1H3/q+1. The predicted molar refractivity (Wildman–Crippen MR) is 109 cm³/mol. The molecule has 1 saturated heterocycles. The smallest absolute Gasteiger partial charge is 0.0654 e. The Morgan fingerprint density at radius 2 is 1.22 bits per heavy atom. The molecular weight excluding hydrogens is 295 g/mol. The molecule has 0 aliphatic carbocycles. The van der Waals surface area contributed by atoms with Crippen molar-refractivity contribution in [3.05, 3.63) is 30.3 Å². The van der Waals surface area contributed by atoms with Crippen LogP contribution in [0, 0.1) is 0 Å². The van der Waals surface area contributed by atoms with Crippen LogP contribution in [0.25, 0.3) is 0 Å². The van der Waals surface area contributed by atoms with E-state index in [1.165, 1.54) is 95.5 Å². The second-order valence-corrected chi connectivity index (χ2v) is 11.7. The van der Waals surface area contributed by atoms with Gasteiger partial charge in [-0.15, -0.1) is 0 Å². The number of hydrogen-bond acceptors (Lipinski definition) is 0. The third-order valence-electron chi connectivity index (χ3n) is 5.67. The first-order valence-electron chi connectivity index (χ1n) is 10.3. The fourth-order valence-electron chi connectivity index (χ4n) is 4.20. The molecule has 1 aliphatic heterocycles. The largest absolute Gasteiger partial charge is 0.0939 e. The number of unbranched alkanes of at least 4 members (excludes halogenated alkanes) is 9. The van der Waals surface area contributed by atoms with Gasteiger partial charge in [-0.2, -0.15) is 0 Å². The van der Waals surface area contributed by atoms with Crippen molar-refractivity contribution in [2.24, 2.45) is 0 Å². The Balaban J connectivity index is 1.59. The van der Waals surface area contributed by atoms with Crippen LogP contribution in [0.15, 0.2) is 30.3 Å². The van der Waals surface area contributed by atoms with Crippen LogP contribution in [0.4, 0.5) is 0 Å². The van der Waals surface area contributed by atoms with Gasteiger partial charge in [-0.1, -0.05) is 76.5 Å². The minimum Gasteiger partial charge on any atom is -0.0654 e. The Morgan fingerprint density at radius 1 is 0.696 bits per heavy atom. The predicted octanol–water partition coefficient (Wildman–Crippen LogP) is 7.04. The van der Waals surface area contributed by atoms with Gasteiger partial charge in [-0.05, 0) is 37.8 Å². The fourth-order valence-corrected chi connectivity index (χ4v) is 8.93. The molecule has 2 rings (SSSR count). The van der Waals surface area contributed by atoms with Crippen molar-refractivity contribution in [2.75, 3.05) is 18.5 Å². The van der Waals surface area contributed by atoms with Gasteiger partial charge in [0.15, 0.2) is 0 Å². The summed E-state index contributed by atoms with van der Waals surface area (Å²) in [5, 5.41) is 1.73. The van der Waals surface area contributed by atoms with Gasteiger partial charge in [0, 0.05) is 7.26 Å². The third kappa shape index (κ3) is 6.58. The van der Waals surface area contributed by atoms with Crippen molar-refractivity contribution < 1.29 is 0 Å². The van der Waals surface area contributed by atoms with Crippen LogP contribution in [0.5, 0.6) is 0 Å². The average molecular weight is 334 g/mol. The van der Waals surface area contributed by atoms with Crippen LogP contribution in [-0.4, -0.2) is 18.5 Å². The highest BCUT2D eigenvalue weighted by molar-refractivity contribution is 7.83. The topological polar surface area (TPSA) is 0 Å². The molecule has 0 N–H and O–H groups in total. The molecule has 130 valence electrons. The molecule has 1 heterocycles. The second kappa shape index (κ2) is 11.2. The summed E-state index contributed by atoms with van der Waals surface area (Å²) in [6.45, 7) is 2.30. The van der Waals surface area contributed by atoms with Crippen molar-refractivity contribution in [3.8, 4) is 0 Å². The van der Waals surface area contributed by atoms with E-state index in [1.54, 1.807) is 5.30 Å². The molecular formula is C22H38P+. The molecule has 1 fully saturated rings. The van der Waals surface area contributed by atoms with Gasteiger partial charge in [-0.25, -0.2) is 0 Å². The lowest BCUT2D eigenvalue weighted by molar-refractivity contribution is 0.562. The highest BCUT2D eigenvalue weighted by Gasteiger charge is 2.42. The van der Waals surface area contributed by atoms with Crippen LogP contribution in [-0.2, 0) is 0 Å². The molecule has 1 aromatic rings. The molecule has 0 radical (unpaired) electrons. The summed E-state index contributed by atoms with van der Waals surface area (Å²) in [6, 6.07) is 11.5. The van der Waals surface area contributed by atoms with E-state index in [-0.39, 0.29) is 0 Å². The zero-order valence-corrected chi connectivity index (χ0v) is 16.3. The van der Waals surface area contributed by atoms with Crippen molar-refractivity contribution in [2.45, 2.75) is 84.0 Å².